The van der Waals surface area contributed by atoms with Gasteiger partial charge in [-0.3, -0.25) is 14.5 Å². The fraction of sp³-hybridized carbons (Fsp3) is 0.596. The molecule has 1 amide bonds. The van der Waals surface area contributed by atoms with Crippen molar-refractivity contribution in [3.05, 3.63) is 82.9 Å². The molecule has 4 aliphatic rings. The summed E-state index contributed by atoms with van der Waals surface area (Å²) in [6.07, 6.45) is -8.50. The van der Waals surface area contributed by atoms with E-state index >= 15 is 4.79 Å². The first-order valence-electron chi connectivity index (χ1n) is 21.6. The average Bonchev–Trinajstić information content (AvgIpc) is 3.23. The summed E-state index contributed by atoms with van der Waals surface area (Å²) in [6.45, 7) is 11.2. The van der Waals surface area contributed by atoms with Crippen LogP contribution >= 0.6 is 0 Å². The second-order valence-electron chi connectivity index (χ2n) is 19.0. The van der Waals surface area contributed by atoms with E-state index in [0.717, 1.165) is 19.3 Å². The number of benzene rings is 2. The van der Waals surface area contributed by atoms with Gasteiger partial charge in [0, 0.05) is 18.8 Å². The van der Waals surface area contributed by atoms with Crippen LogP contribution < -0.4 is 5.32 Å². The summed E-state index contributed by atoms with van der Waals surface area (Å²) in [7, 11) is 0. The maximum atomic E-state index is 15.1. The summed E-state index contributed by atoms with van der Waals surface area (Å²) < 4.78 is 29.8. The summed E-state index contributed by atoms with van der Waals surface area (Å²) in [5.74, 6) is -5.26. The van der Waals surface area contributed by atoms with Crippen molar-refractivity contribution in [3.63, 3.8) is 0 Å². The summed E-state index contributed by atoms with van der Waals surface area (Å²) >= 11 is 0. The van der Waals surface area contributed by atoms with Crippen LogP contribution in [0.15, 0.2) is 71.8 Å². The van der Waals surface area contributed by atoms with Gasteiger partial charge in [0.25, 0.3) is 0 Å². The molecular formula is C47H62N2O14. The Kier molecular flexibility index (Phi) is 14.2. The van der Waals surface area contributed by atoms with Crippen molar-refractivity contribution in [1.29, 1.82) is 0 Å². The summed E-state index contributed by atoms with van der Waals surface area (Å²) in [5, 5.41) is 50.6. The van der Waals surface area contributed by atoms with Crippen LogP contribution in [0, 0.1) is 11.3 Å². The third-order valence-electron chi connectivity index (χ3n) is 12.8. The first-order valence-corrected chi connectivity index (χ1v) is 21.6. The van der Waals surface area contributed by atoms with E-state index in [1.807, 2.05) is 4.90 Å². The number of esters is 3. The van der Waals surface area contributed by atoms with Gasteiger partial charge in [0.05, 0.1) is 41.9 Å². The lowest BCUT2D eigenvalue weighted by Crippen LogP contribution is -2.76. The number of ketones is 1. The molecule has 344 valence electrons. The third-order valence-corrected chi connectivity index (χ3v) is 12.8. The van der Waals surface area contributed by atoms with Gasteiger partial charge < -0.3 is 49.4 Å². The number of hydrogen-bond acceptors (Lipinski definition) is 15. The van der Waals surface area contributed by atoms with Crippen molar-refractivity contribution >= 4 is 29.8 Å². The largest absolute Gasteiger partial charge is 0.458 e. The van der Waals surface area contributed by atoms with E-state index in [9.17, 15) is 39.6 Å². The Morgan fingerprint density at radius 3 is 2.11 bits per heavy atom. The van der Waals surface area contributed by atoms with Crippen LogP contribution in [0.25, 0.3) is 0 Å². The van der Waals surface area contributed by atoms with Crippen LogP contribution in [0.3, 0.4) is 0 Å². The van der Waals surface area contributed by atoms with E-state index in [-0.39, 0.29) is 36.3 Å². The third kappa shape index (κ3) is 10.3. The number of likely N-dealkylation sites (tertiary alicyclic amines) is 1. The maximum Gasteiger partial charge on any atom is 0.408 e. The number of carbonyl (C=O) groups is 5. The van der Waals surface area contributed by atoms with Gasteiger partial charge in [0.1, 0.15) is 35.6 Å². The molecule has 1 saturated carbocycles. The van der Waals surface area contributed by atoms with E-state index in [1.54, 1.807) is 69.3 Å². The van der Waals surface area contributed by atoms with Crippen LogP contribution in [0.5, 0.6) is 0 Å². The van der Waals surface area contributed by atoms with Gasteiger partial charge >= 0.3 is 24.0 Å². The number of rotatable bonds is 11. The fourth-order valence-electron chi connectivity index (χ4n) is 9.69. The van der Waals surface area contributed by atoms with E-state index in [1.165, 1.54) is 39.8 Å². The van der Waals surface area contributed by atoms with Crippen LogP contribution in [0.1, 0.15) is 103 Å². The minimum absolute atomic E-state index is 0.0163. The molecule has 16 nitrogen and oxygen atoms in total. The molecule has 1 unspecified atom stereocenters. The molecular weight excluding hydrogens is 817 g/mol. The van der Waals surface area contributed by atoms with Crippen molar-refractivity contribution in [2.45, 2.75) is 140 Å². The Bertz CT molecular complexity index is 2020. The first kappa shape index (κ1) is 47.8. The molecule has 63 heavy (non-hydrogen) atoms. The van der Waals surface area contributed by atoms with Crippen LogP contribution in [0.2, 0.25) is 0 Å². The van der Waals surface area contributed by atoms with Crippen molar-refractivity contribution < 1.29 is 68.1 Å². The lowest BCUT2D eigenvalue weighted by molar-refractivity contribution is -0.326. The Hall–Kier alpha value is -4.71. The fourth-order valence-corrected chi connectivity index (χ4v) is 9.69. The van der Waals surface area contributed by atoms with E-state index < -0.39 is 107 Å². The quantitative estimate of drug-likeness (QED) is 0.123. The number of nitrogens with zero attached hydrogens (tertiary/aromatic N) is 1. The number of hydrogen-bond donors (Lipinski definition) is 5. The number of fused-ring (bicyclic) bond motifs is 3. The lowest BCUT2D eigenvalue weighted by atomic mass is 9.52. The predicted molar refractivity (Wildman–Crippen MR) is 226 cm³/mol. The van der Waals surface area contributed by atoms with Gasteiger partial charge in [-0.15, -0.1) is 0 Å². The van der Waals surface area contributed by atoms with Crippen LogP contribution in [-0.4, -0.2) is 135 Å². The monoisotopic (exact) mass is 878 g/mol. The first-order chi connectivity index (χ1) is 29.5. The second kappa shape index (κ2) is 18.8. The highest BCUT2D eigenvalue weighted by Gasteiger charge is 2.71. The number of ether oxygens (including phenoxy) is 5. The normalized spacial score (nSPS) is 31.3. The molecule has 2 aromatic rings. The minimum atomic E-state index is -2.12. The minimum Gasteiger partial charge on any atom is -0.458 e. The molecule has 2 aromatic carbocycles. The zero-order valence-electron chi connectivity index (χ0n) is 37.1. The Morgan fingerprint density at radius 1 is 0.921 bits per heavy atom. The zero-order valence-corrected chi connectivity index (χ0v) is 37.1. The highest BCUT2D eigenvalue weighted by molar-refractivity contribution is 5.93. The van der Waals surface area contributed by atoms with Crippen molar-refractivity contribution in [2.75, 3.05) is 26.2 Å². The van der Waals surface area contributed by atoms with Gasteiger partial charge in [0.15, 0.2) is 5.78 Å². The number of Topliss-reactive ketones (excluding diaryl/α,β-unsaturated/α-hetero) is 1. The average molecular weight is 879 g/mol. The molecule has 0 bridgehead atoms. The number of nitrogens with one attached hydrogen (secondary N) is 1. The van der Waals surface area contributed by atoms with Crippen LogP contribution in [0.4, 0.5) is 4.79 Å². The smallest absolute Gasteiger partial charge is 0.408 e. The standard InChI is InChI=1S/C47H62N2O14/c1-27-30(60-42(55)38(62-34(51)25-49-21-15-10-16-22-49)36(28-17-11-8-12-18-28)48-43(56)63-44(2,3)4)23-31(61-41(54)29-19-13-9-14-20-29)39-46(7,32(50)24-33-47(39,58)26-59-33)40(53)37(52)35(27)45(5,6)57/h8-9,11-14,17-20,30-33,36-39,50,52,57-58H,10,15-16,21-26H2,1-7H3,(H,48,56)/b35-27-/t30-,31+,32-,33+,36-,37+,38+,39?,46+,47-/m0/s1. The molecule has 2 aliphatic heterocycles. The Labute approximate surface area is 367 Å². The summed E-state index contributed by atoms with van der Waals surface area (Å²) in [5.41, 5.74) is -6.64. The molecule has 5 N–H and O–H groups in total. The van der Waals surface area contributed by atoms with Crippen molar-refractivity contribution in [2.24, 2.45) is 11.3 Å². The van der Waals surface area contributed by atoms with E-state index in [4.69, 9.17) is 23.7 Å². The lowest BCUT2D eigenvalue weighted by Gasteiger charge is -2.62. The number of alkyl carbamates (subject to hydrolysis) is 1. The number of carbonyl (C=O) groups excluding carboxylic acids is 5. The van der Waals surface area contributed by atoms with Gasteiger partial charge in [-0.25, -0.2) is 14.4 Å². The highest BCUT2D eigenvalue weighted by Crippen LogP contribution is 2.56. The van der Waals surface area contributed by atoms with E-state index in [0.29, 0.717) is 18.7 Å². The molecule has 0 spiro atoms. The Morgan fingerprint density at radius 2 is 1.54 bits per heavy atom. The maximum absolute atomic E-state index is 15.1. The summed E-state index contributed by atoms with van der Waals surface area (Å²) in [6, 6.07) is 14.8. The summed E-state index contributed by atoms with van der Waals surface area (Å²) in [4.78, 5) is 73.1. The molecule has 16 heteroatoms. The number of aliphatic hydroxyl groups excluding tert-OH is 2. The highest BCUT2D eigenvalue weighted by atomic mass is 16.6. The zero-order chi connectivity index (χ0) is 46.1. The molecule has 0 radical (unpaired) electrons. The van der Waals surface area contributed by atoms with Crippen LogP contribution in [-0.2, 0) is 38.1 Å². The number of aliphatic hydroxyl groups is 4. The van der Waals surface area contributed by atoms with E-state index in [2.05, 4.69) is 5.32 Å². The van der Waals surface area contributed by atoms with Crippen molar-refractivity contribution in [1.82, 2.24) is 10.2 Å². The molecule has 10 atom stereocenters. The second-order valence-corrected chi connectivity index (χ2v) is 19.0. The molecule has 0 aromatic heterocycles. The Balaban J connectivity index is 1.48. The van der Waals surface area contributed by atoms with Gasteiger partial charge in [-0.05, 0) is 103 Å². The molecule has 2 aliphatic carbocycles. The van der Waals surface area contributed by atoms with Gasteiger partial charge in [0.2, 0.25) is 6.10 Å². The number of piperidine rings is 1. The number of amides is 1. The van der Waals surface area contributed by atoms with Crippen molar-refractivity contribution in [3.8, 4) is 0 Å². The SMILES string of the molecule is C/C1=C(/C(C)(C)O)[C@@H](O)C(=O)[C@@]2(C)C([C@H](OC(=O)c3ccccc3)C[C@@H]1OC(=O)[C@H](OC(=O)CN1CCCCC1)[C@@H](NC(=O)OC(C)(C)C)c1ccccc1)[C@]1(O)CO[C@@H]1C[C@@H]2O. The molecule has 2 saturated heterocycles. The van der Waals surface area contributed by atoms with Gasteiger partial charge in [-0.2, -0.15) is 0 Å². The topological polar surface area (TPSA) is 228 Å². The molecule has 6 rings (SSSR count). The molecule has 2 heterocycles. The predicted octanol–water partition coefficient (Wildman–Crippen LogP) is 3.73. The molecule has 3 fully saturated rings. The van der Waals surface area contributed by atoms with Gasteiger partial charge in [-0.1, -0.05) is 55.0 Å².